The van der Waals surface area contributed by atoms with Gasteiger partial charge in [0.05, 0.1) is 44.6 Å². The fraction of sp³-hybridized carbons (Fsp3) is 1.00. The summed E-state index contributed by atoms with van der Waals surface area (Å²) >= 11 is 0. The smallest absolute Gasteiger partial charge is 0.187 e. The summed E-state index contributed by atoms with van der Waals surface area (Å²) in [7, 11) is 0. The molecule has 28 atom stereocenters. The molecule has 6 aliphatic rings. The van der Waals surface area contributed by atoms with Crippen molar-refractivity contribution in [2.24, 2.45) is 34.6 Å². The summed E-state index contributed by atoms with van der Waals surface area (Å²) in [6, 6.07) is -4.64. The van der Waals surface area contributed by atoms with Crippen LogP contribution in [-0.2, 0) is 37.9 Å². The summed E-state index contributed by atoms with van der Waals surface area (Å²) < 4.78 is 44.5. The molecule has 364 valence electrons. The maximum absolute atomic E-state index is 10.8. The van der Waals surface area contributed by atoms with Crippen LogP contribution in [-0.4, -0.2) is 263 Å². The first kappa shape index (κ1) is 51.9. The predicted molar refractivity (Wildman–Crippen MR) is 201 cm³/mol. The third-order valence-electron chi connectivity index (χ3n) is 12.4. The van der Waals surface area contributed by atoms with Crippen molar-refractivity contribution in [1.82, 2.24) is 0 Å². The third-order valence-corrected chi connectivity index (χ3v) is 12.4. The molecule has 0 bridgehead atoms. The van der Waals surface area contributed by atoms with Crippen LogP contribution in [0.25, 0.3) is 0 Å². The molecule has 4 heterocycles. The largest absolute Gasteiger partial charge is 0.394 e. The summed E-state index contributed by atoms with van der Waals surface area (Å²) in [6.45, 7) is -0.547. The van der Waals surface area contributed by atoms with Crippen LogP contribution in [0.5, 0.6) is 0 Å². The van der Waals surface area contributed by atoms with E-state index in [0.29, 0.717) is 6.42 Å². The SMILES string of the molecule is C[C@@H]1CC(N)[C@@H](O[C@H]2OC(CO)[C@@H](O)[C@H](O)C2N)[C@H](O[C@@H]2O[C@H](CO)[C@H](O)C2O)C1O.NC1[C@@H](O[C@@H]2C(N)C[C@@H](N)C(O[C@@H]3O[C@H](CO)[C@H](O)C3O)[C@H]2O)OC(CO)[C@@H](O)[C@@H]1O. The van der Waals surface area contributed by atoms with Crippen LogP contribution in [0.1, 0.15) is 19.8 Å². The lowest BCUT2D eigenvalue weighted by Gasteiger charge is -2.47. The molecule has 0 aromatic carbocycles. The molecule has 0 spiro atoms. The number of ether oxygens (including phenoxy) is 8. The Labute approximate surface area is 355 Å². The van der Waals surface area contributed by atoms with E-state index in [1.807, 2.05) is 0 Å². The number of aliphatic hydroxyl groups is 14. The van der Waals surface area contributed by atoms with Gasteiger partial charge in [-0.25, -0.2) is 0 Å². The average Bonchev–Trinajstić information content (AvgIpc) is 3.68. The van der Waals surface area contributed by atoms with Gasteiger partial charge in [0, 0.05) is 18.1 Å². The van der Waals surface area contributed by atoms with E-state index in [9.17, 15) is 71.5 Å². The van der Waals surface area contributed by atoms with Crippen molar-refractivity contribution >= 4 is 0 Å². The number of hydrogen-bond donors (Lipinski definition) is 19. The predicted octanol–water partition coefficient (Wildman–Crippen LogP) is -11.9. The Morgan fingerprint density at radius 1 is 0.371 bits per heavy atom. The Morgan fingerprint density at radius 3 is 1.06 bits per heavy atom. The molecular weight excluding hydrogens is 842 g/mol. The van der Waals surface area contributed by atoms with Gasteiger partial charge in [0.15, 0.2) is 25.2 Å². The highest BCUT2D eigenvalue weighted by molar-refractivity contribution is 5.02. The number of hydrogen-bond acceptors (Lipinski definition) is 27. The summed E-state index contributed by atoms with van der Waals surface area (Å²) in [5, 5.41) is 139. The van der Waals surface area contributed by atoms with Crippen molar-refractivity contribution in [1.29, 1.82) is 0 Å². The highest BCUT2D eigenvalue weighted by Crippen LogP contribution is 2.35. The van der Waals surface area contributed by atoms with Crippen molar-refractivity contribution in [3.8, 4) is 0 Å². The van der Waals surface area contributed by atoms with E-state index in [0.717, 1.165) is 0 Å². The zero-order valence-electron chi connectivity index (χ0n) is 33.8. The first-order valence-corrected chi connectivity index (χ1v) is 20.5. The number of nitrogens with two attached hydrogens (primary N) is 5. The highest BCUT2D eigenvalue weighted by Gasteiger charge is 2.54. The van der Waals surface area contributed by atoms with Crippen LogP contribution >= 0.6 is 0 Å². The molecular formula is C35H67N5O22. The van der Waals surface area contributed by atoms with Gasteiger partial charge in [-0.15, -0.1) is 0 Å². The molecule has 4 aliphatic heterocycles. The first-order chi connectivity index (χ1) is 29.2. The Bertz CT molecular complexity index is 1370. The van der Waals surface area contributed by atoms with Gasteiger partial charge in [0.25, 0.3) is 0 Å². The second-order valence-electron chi connectivity index (χ2n) is 16.8. The maximum atomic E-state index is 10.8. The minimum Gasteiger partial charge on any atom is -0.394 e. The van der Waals surface area contributed by atoms with Gasteiger partial charge >= 0.3 is 0 Å². The van der Waals surface area contributed by atoms with E-state index in [-0.39, 0.29) is 12.3 Å². The molecule has 27 nitrogen and oxygen atoms in total. The van der Waals surface area contributed by atoms with Gasteiger partial charge in [0.2, 0.25) is 0 Å². The molecule has 0 amide bonds. The lowest BCUT2D eigenvalue weighted by atomic mass is 9.80. The molecule has 2 saturated carbocycles. The Balaban J connectivity index is 0.000000234. The monoisotopic (exact) mass is 909 g/mol. The van der Waals surface area contributed by atoms with E-state index in [2.05, 4.69) is 0 Å². The van der Waals surface area contributed by atoms with E-state index in [1.165, 1.54) is 0 Å². The minimum absolute atomic E-state index is 0.123. The topological polar surface area (TPSA) is 487 Å². The van der Waals surface area contributed by atoms with Crippen molar-refractivity contribution in [3.05, 3.63) is 0 Å². The maximum Gasteiger partial charge on any atom is 0.187 e. The second kappa shape index (κ2) is 22.1. The second-order valence-corrected chi connectivity index (χ2v) is 16.8. The van der Waals surface area contributed by atoms with Crippen LogP contribution < -0.4 is 28.7 Å². The van der Waals surface area contributed by atoms with Gasteiger partial charge < -0.3 is 138 Å². The van der Waals surface area contributed by atoms with Gasteiger partial charge in [-0.2, -0.15) is 0 Å². The lowest BCUT2D eigenvalue weighted by Crippen LogP contribution is -2.67. The number of aliphatic hydroxyl groups excluding tert-OH is 14. The molecule has 10 unspecified atom stereocenters. The third kappa shape index (κ3) is 10.9. The molecule has 27 heteroatoms. The van der Waals surface area contributed by atoms with Crippen molar-refractivity contribution < 1.29 is 109 Å². The van der Waals surface area contributed by atoms with Crippen molar-refractivity contribution in [2.75, 3.05) is 26.4 Å². The first-order valence-electron chi connectivity index (χ1n) is 20.5. The minimum atomic E-state index is -1.48. The molecule has 0 aromatic rings. The molecule has 6 rings (SSSR count). The van der Waals surface area contributed by atoms with Crippen LogP contribution in [0.2, 0.25) is 0 Å². The Hall–Kier alpha value is -1.08. The Morgan fingerprint density at radius 2 is 0.677 bits per heavy atom. The van der Waals surface area contributed by atoms with Gasteiger partial charge in [0.1, 0.15) is 104 Å². The molecule has 0 aromatic heterocycles. The van der Waals surface area contributed by atoms with Gasteiger partial charge in [-0.1, -0.05) is 6.92 Å². The zero-order chi connectivity index (χ0) is 46.1. The van der Waals surface area contributed by atoms with E-state index in [1.54, 1.807) is 6.92 Å². The standard InChI is InChI=1S/C18H34N2O11.C17H33N3O11/c1-5-2-6(19)15(30-17-9(20)13(26)11(24)7(3-21)28-17)16(10(5)23)31-18-14(27)12(25)8(4-22)29-18;18-4-1-5(19)15(31-17-12(26)10(24)7(3-22)29-17)13(27)14(4)30-16-8(20)11(25)9(23)6(2-21)28-16/h5-18,21-27H,2-4,19-20H2,1H3;4-17,21-27H,1-3,18-20H2/t5-,6?,7?,8-,9?,10?,11-,12+,13-,14?,15-,16-,17-,18+;4?,5-,6?,7-,8?,9-,10+,11-,12?,13+,14-,15?,16-,17+/m11/s1. The van der Waals surface area contributed by atoms with Crippen LogP contribution in [0, 0.1) is 5.92 Å². The molecule has 62 heavy (non-hydrogen) atoms. The summed E-state index contributed by atoms with van der Waals surface area (Å²) in [6.07, 6.45) is -27.8. The lowest BCUT2D eigenvalue weighted by molar-refractivity contribution is -0.312. The molecule has 4 saturated heterocycles. The molecule has 0 radical (unpaired) electrons. The van der Waals surface area contributed by atoms with E-state index < -0.39 is 192 Å². The van der Waals surface area contributed by atoms with E-state index in [4.69, 9.17) is 66.6 Å². The van der Waals surface area contributed by atoms with Crippen LogP contribution in [0.4, 0.5) is 0 Å². The molecule has 2 aliphatic carbocycles. The van der Waals surface area contributed by atoms with Gasteiger partial charge in [-0.3, -0.25) is 0 Å². The Kier molecular flexibility index (Phi) is 18.5. The average molecular weight is 910 g/mol. The zero-order valence-corrected chi connectivity index (χ0v) is 33.8. The highest BCUT2D eigenvalue weighted by atomic mass is 16.7. The summed E-state index contributed by atoms with van der Waals surface area (Å²) in [4.78, 5) is 0. The van der Waals surface area contributed by atoms with Crippen molar-refractivity contribution in [3.63, 3.8) is 0 Å². The fourth-order valence-corrected chi connectivity index (χ4v) is 8.47. The summed E-state index contributed by atoms with van der Waals surface area (Å²) in [5.74, 6) is -0.310. The van der Waals surface area contributed by atoms with E-state index >= 15 is 0 Å². The normalized spacial score (nSPS) is 53.6. The molecule has 24 N–H and O–H groups in total. The van der Waals surface area contributed by atoms with Crippen LogP contribution in [0.3, 0.4) is 0 Å². The fourth-order valence-electron chi connectivity index (χ4n) is 8.47. The quantitative estimate of drug-likeness (QED) is 0.0864. The van der Waals surface area contributed by atoms with Gasteiger partial charge in [-0.05, 0) is 18.8 Å². The van der Waals surface area contributed by atoms with Crippen molar-refractivity contribution in [2.45, 2.75) is 185 Å². The van der Waals surface area contributed by atoms with Crippen LogP contribution in [0.15, 0.2) is 0 Å². The summed E-state index contributed by atoms with van der Waals surface area (Å²) in [5.41, 5.74) is 30.2. The molecule has 6 fully saturated rings. The number of rotatable bonds is 12.